The molecule has 0 spiro atoms. The van der Waals surface area contributed by atoms with Gasteiger partial charge >= 0.3 is 0 Å². The molecule has 3 rings (SSSR count). The number of carbonyl (C=O) groups is 1. The summed E-state index contributed by atoms with van der Waals surface area (Å²) in [6, 6.07) is 16.9. The maximum atomic E-state index is 12.7. The second kappa shape index (κ2) is 8.18. The van der Waals surface area contributed by atoms with E-state index in [2.05, 4.69) is 21.4 Å². The van der Waals surface area contributed by atoms with Crippen LogP contribution in [0, 0.1) is 13.8 Å². The van der Waals surface area contributed by atoms with Gasteiger partial charge in [-0.25, -0.2) is 9.97 Å². The molecule has 5 nitrogen and oxygen atoms in total. The Labute approximate surface area is 164 Å². The van der Waals surface area contributed by atoms with Crippen molar-refractivity contribution in [3.63, 3.8) is 0 Å². The summed E-state index contributed by atoms with van der Waals surface area (Å²) in [5.74, 6) is 0.169. The number of hydrogen-bond donors (Lipinski definition) is 1. The zero-order chi connectivity index (χ0) is 19.4. The molecule has 138 valence electrons. The van der Waals surface area contributed by atoms with Gasteiger partial charge in [0, 0.05) is 17.9 Å². The summed E-state index contributed by atoms with van der Waals surface area (Å²) in [6.45, 7) is 6.59. The van der Waals surface area contributed by atoms with Crippen LogP contribution in [-0.4, -0.2) is 22.4 Å². The molecular weight excluding hydrogens is 360 g/mol. The molecule has 0 aliphatic heterocycles. The molecule has 0 aliphatic carbocycles. The van der Waals surface area contributed by atoms with Crippen molar-refractivity contribution in [3.8, 4) is 0 Å². The highest BCUT2D eigenvalue weighted by molar-refractivity contribution is 6.33. The number of nitrogens with one attached hydrogen (secondary N) is 1. The lowest BCUT2D eigenvalue weighted by Crippen LogP contribution is -2.22. The van der Waals surface area contributed by atoms with Crippen LogP contribution in [0.2, 0.25) is 5.02 Å². The number of anilines is 3. The van der Waals surface area contributed by atoms with Crippen molar-refractivity contribution in [2.75, 3.05) is 16.8 Å². The Hall–Kier alpha value is -2.92. The molecule has 1 N–H and O–H groups in total. The first-order valence-electron chi connectivity index (χ1n) is 8.73. The van der Waals surface area contributed by atoms with Gasteiger partial charge in [0.05, 0.1) is 10.7 Å². The molecule has 2 aromatic carbocycles. The summed E-state index contributed by atoms with van der Waals surface area (Å²) in [5, 5.41) is 3.29. The summed E-state index contributed by atoms with van der Waals surface area (Å²) in [5.41, 5.74) is 3.70. The maximum Gasteiger partial charge on any atom is 0.274 e. The van der Waals surface area contributed by atoms with E-state index in [1.165, 1.54) is 0 Å². The van der Waals surface area contributed by atoms with E-state index in [-0.39, 0.29) is 5.91 Å². The predicted octanol–water partition coefficient (Wildman–Crippen LogP) is 5.16. The van der Waals surface area contributed by atoms with E-state index in [4.69, 9.17) is 11.6 Å². The molecule has 1 amide bonds. The summed E-state index contributed by atoms with van der Waals surface area (Å²) >= 11 is 6.13. The van der Waals surface area contributed by atoms with Crippen LogP contribution in [-0.2, 0) is 0 Å². The lowest BCUT2D eigenvalue weighted by molar-refractivity contribution is 0.102. The van der Waals surface area contributed by atoms with Crippen LogP contribution in [0.1, 0.15) is 28.7 Å². The van der Waals surface area contributed by atoms with Crippen molar-refractivity contribution in [2.24, 2.45) is 0 Å². The number of hydrogen-bond acceptors (Lipinski definition) is 4. The third kappa shape index (κ3) is 4.44. The summed E-state index contributed by atoms with van der Waals surface area (Å²) in [6.07, 6.45) is 0. The number of aryl methyl sites for hydroxylation is 2. The average Bonchev–Trinajstić information content (AvgIpc) is 2.64. The monoisotopic (exact) mass is 380 g/mol. The number of aromatic nitrogens is 2. The fourth-order valence-electron chi connectivity index (χ4n) is 2.77. The van der Waals surface area contributed by atoms with Crippen LogP contribution in [0.4, 0.5) is 17.3 Å². The van der Waals surface area contributed by atoms with E-state index < -0.39 is 0 Å². The fourth-order valence-corrected chi connectivity index (χ4v) is 2.96. The van der Waals surface area contributed by atoms with E-state index in [0.717, 1.165) is 16.9 Å². The second-order valence-corrected chi connectivity index (χ2v) is 6.62. The molecule has 1 aromatic heterocycles. The van der Waals surface area contributed by atoms with Gasteiger partial charge in [-0.15, -0.1) is 0 Å². The van der Waals surface area contributed by atoms with Crippen molar-refractivity contribution in [3.05, 3.63) is 76.6 Å². The summed E-state index contributed by atoms with van der Waals surface area (Å²) in [7, 11) is 0. The normalized spacial score (nSPS) is 10.5. The van der Waals surface area contributed by atoms with Crippen LogP contribution < -0.4 is 10.2 Å². The molecule has 0 saturated heterocycles. The first kappa shape index (κ1) is 18.9. The van der Waals surface area contributed by atoms with Gasteiger partial charge in [0.1, 0.15) is 5.69 Å². The highest BCUT2D eigenvalue weighted by Gasteiger charge is 2.16. The smallest absolute Gasteiger partial charge is 0.274 e. The first-order chi connectivity index (χ1) is 13.0. The van der Waals surface area contributed by atoms with E-state index in [1.807, 2.05) is 56.0 Å². The van der Waals surface area contributed by atoms with Crippen molar-refractivity contribution < 1.29 is 4.79 Å². The van der Waals surface area contributed by atoms with E-state index in [1.54, 1.807) is 18.2 Å². The molecule has 0 saturated carbocycles. The van der Waals surface area contributed by atoms with Crippen molar-refractivity contribution >= 4 is 34.8 Å². The predicted molar refractivity (Wildman–Crippen MR) is 110 cm³/mol. The molecule has 0 unspecified atom stereocenters. The van der Waals surface area contributed by atoms with Crippen LogP contribution in [0.25, 0.3) is 0 Å². The lowest BCUT2D eigenvalue weighted by Gasteiger charge is -2.22. The third-order valence-corrected chi connectivity index (χ3v) is 4.40. The third-order valence-electron chi connectivity index (χ3n) is 4.07. The Morgan fingerprint density at radius 1 is 1.07 bits per heavy atom. The van der Waals surface area contributed by atoms with Gasteiger partial charge in [0.15, 0.2) is 0 Å². The Bertz CT molecular complexity index is 974. The summed E-state index contributed by atoms with van der Waals surface area (Å²) < 4.78 is 0. The molecule has 1 heterocycles. The molecule has 0 bridgehead atoms. The first-order valence-corrected chi connectivity index (χ1v) is 9.11. The van der Waals surface area contributed by atoms with Crippen molar-refractivity contribution in [1.29, 1.82) is 0 Å². The van der Waals surface area contributed by atoms with Gasteiger partial charge in [-0.2, -0.15) is 0 Å². The number of amides is 1. The zero-order valence-electron chi connectivity index (χ0n) is 15.5. The van der Waals surface area contributed by atoms with Gasteiger partial charge in [-0.3, -0.25) is 4.79 Å². The standard InChI is InChI=1S/C21H21ClN4O/c1-4-26(16-9-7-8-14(2)12-16)21-23-15(3)13-19(25-21)20(27)24-18-11-6-5-10-17(18)22/h5-13H,4H2,1-3H3,(H,24,27). The van der Waals surface area contributed by atoms with Gasteiger partial charge in [-0.1, -0.05) is 35.9 Å². The Kier molecular flexibility index (Phi) is 5.72. The number of para-hydroxylation sites is 1. The Morgan fingerprint density at radius 3 is 2.56 bits per heavy atom. The van der Waals surface area contributed by atoms with E-state index in [9.17, 15) is 4.79 Å². The van der Waals surface area contributed by atoms with Crippen LogP contribution in [0.3, 0.4) is 0 Å². The molecular formula is C21H21ClN4O. The minimum Gasteiger partial charge on any atom is -0.319 e. The van der Waals surface area contributed by atoms with Gasteiger partial charge in [0.25, 0.3) is 5.91 Å². The van der Waals surface area contributed by atoms with Crippen molar-refractivity contribution in [1.82, 2.24) is 9.97 Å². The Balaban J connectivity index is 1.93. The molecule has 0 fully saturated rings. The number of benzene rings is 2. The lowest BCUT2D eigenvalue weighted by atomic mass is 10.2. The molecule has 0 atom stereocenters. The van der Waals surface area contributed by atoms with Crippen LogP contribution in [0.15, 0.2) is 54.6 Å². The minimum absolute atomic E-state index is 0.295. The second-order valence-electron chi connectivity index (χ2n) is 6.21. The number of nitrogens with zero attached hydrogens (tertiary/aromatic N) is 3. The molecule has 6 heteroatoms. The fraction of sp³-hybridized carbons (Fsp3) is 0.190. The van der Waals surface area contributed by atoms with Crippen molar-refractivity contribution in [2.45, 2.75) is 20.8 Å². The maximum absolute atomic E-state index is 12.7. The number of rotatable bonds is 5. The minimum atomic E-state index is -0.324. The number of carbonyl (C=O) groups excluding carboxylic acids is 1. The topological polar surface area (TPSA) is 58.1 Å². The van der Waals surface area contributed by atoms with Gasteiger partial charge < -0.3 is 10.2 Å². The molecule has 0 radical (unpaired) electrons. The molecule has 3 aromatic rings. The number of halogens is 1. The van der Waals surface area contributed by atoms with E-state index in [0.29, 0.717) is 28.9 Å². The Morgan fingerprint density at radius 2 is 1.85 bits per heavy atom. The van der Waals surface area contributed by atoms with Gasteiger partial charge in [-0.05, 0) is 56.7 Å². The van der Waals surface area contributed by atoms with Crippen LogP contribution >= 0.6 is 11.6 Å². The summed E-state index contributed by atoms with van der Waals surface area (Å²) in [4.78, 5) is 23.7. The molecule has 0 aliphatic rings. The quantitative estimate of drug-likeness (QED) is 0.664. The molecule has 27 heavy (non-hydrogen) atoms. The highest BCUT2D eigenvalue weighted by atomic mass is 35.5. The highest BCUT2D eigenvalue weighted by Crippen LogP contribution is 2.24. The average molecular weight is 381 g/mol. The van der Waals surface area contributed by atoms with E-state index >= 15 is 0 Å². The van der Waals surface area contributed by atoms with Crippen LogP contribution in [0.5, 0.6) is 0 Å². The van der Waals surface area contributed by atoms with Gasteiger partial charge in [0.2, 0.25) is 5.95 Å². The zero-order valence-corrected chi connectivity index (χ0v) is 16.3. The largest absolute Gasteiger partial charge is 0.319 e. The SMILES string of the molecule is CCN(c1cccc(C)c1)c1nc(C)cc(C(=O)Nc2ccccc2Cl)n1.